The second kappa shape index (κ2) is 7.40. The van der Waals surface area contributed by atoms with Crippen molar-refractivity contribution in [3.63, 3.8) is 0 Å². The number of rotatable bonds is 5. The molecule has 0 saturated heterocycles. The summed E-state index contributed by atoms with van der Waals surface area (Å²) in [5.74, 6) is -0.657. The van der Waals surface area contributed by atoms with Crippen LogP contribution < -0.4 is 15.5 Å². The summed E-state index contributed by atoms with van der Waals surface area (Å²) in [7, 11) is 3.92. The summed E-state index contributed by atoms with van der Waals surface area (Å²) in [4.78, 5) is 29.7. The van der Waals surface area contributed by atoms with Crippen LogP contribution in [0.3, 0.4) is 0 Å². The third-order valence-corrected chi connectivity index (χ3v) is 3.31. The highest BCUT2D eigenvalue weighted by atomic mass is 16.2. The van der Waals surface area contributed by atoms with Gasteiger partial charge < -0.3 is 15.5 Å². The zero-order chi connectivity index (χ0) is 16.8. The molecule has 6 heteroatoms. The molecule has 1 heterocycles. The lowest BCUT2D eigenvalue weighted by atomic mass is 10.1. The Balaban J connectivity index is 1.91. The molecule has 2 N–H and O–H groups in total. The molecule has 0 bridgehead atoms. The standard InChI is InChI=1S/C17H20N4O2/c1-12-10-13(21(2)3)7-8-14(12)20-16(22)11-19-17(23)15-6-4-5-9-18-15/h4-10H,11H2,1-3H3,(H,19,23)(H,20,22). The number of aromatic nitrogens is 1. The average Bonchev–Trinajstić information content (AvgIpc) is 2.55. The molecule has 2 amide bonds. The predicted molar refractivity (Wildman–Crippen MR) is 90.7 cm³/mol. The molecule has 0 unspecified atom stereocenters. The van der Waals surface area contributed by atoms with Crippen LogP contribution in [0.2, 0.25) is 0 Å². The zero-order valence-electron chi connectivity index (χ0n) is 13.5. The number of nitrogens with one attached hydrogen (secondary N) is 2. The van der Waals surface area contributed by atoms with Crippen LogP contribution in [0.1, 0.15) is 16.1 Å². The first-order valence-electron chi connectivity index (χ1n) is 7.24. The summed E-state index contributed by atoms with van der Waals surface area (Å²) in [6.07, 6.45) is 1.53. The van der Waals surface area contributed by atoms with E-state index in [1.807, 2.05) is 44.1 Å². The van der Waals surface area contributed by atoms with E-state index < -0.39 is 0 Å². The molecule has 0 aliphatic rings. The van der Waals surface area contributed by atoms with Gasteiger partial charge in [-0.05, 0) is 42.8 Å². The van der Waals surface area contributed by atoms with Crippen LogP contribution >= 0.6 is 0 Å². The van der Waals surface area contributed by atoms with Gasteiger partial charge in [0.15, 0.2) is 0 Å². The van der Waals surface area contributed by atoms with Gasteiger partial charge in [-0.25, -0.2) is 0 Å². The molecule has 0 aliphatic heterocycles. The van der Waals surface area contributed by atoms with E-state index in [0.717, 1.165) is 16.9 Å². The fraction of sp³-hybridized carbons (Fsp3) is 0.235. The highest BCUT2D eigenvalue weighted by molar-refractivity contribution is 5.98. The number of hydrogen-bond donors (Lipinski definition) is 2. The molecule has 0 fully saturated rings. The topological polar surface area (TPSA) is 74.3 Å². The van der Waals surface area contributed by atoms with Crippen LogP contribution in [0.25, 0.3) is 0 Å². The Morgan fingerprint density at radius 1 is 1.17 bits per heavy atom. The molecule has 6 nitrogen and oxygen atoms in total. The van der Waals surface area contributed by atoms with Gasteiger partial charge in [0.2, 0.25) is 5.91 Å². The van der Waals surface area contributed by atoms with Crippen LogP contribution in [0.5, 0.6) is 0 Å². The van der Waals surface area contributed by atoms with E-state index in [9.17, 15) is 9.59 Å². The van der Waals surface area contributed by atoms with Crippen LogP contribution in [-0.4, -0.2) is 37.4 Å². The second-order valence-electron chi connectivity index (χ2n) is 5.34. The fourth-order valence-corrected chi connectivity index (χ4v) is 2.01. The fourth-order valence-electron chi connectivity index (χ4n) is 2.01. The van der Waals surface area contributed by atoms with Gasteiger partial charge in [-0.1, -0.05) is 6.07 Å². The van der Waals surface area contributed by atoms with Crippen molar-refractivity contribution in [2.24, 2.45) is 0 Å². The van der Waals surface area contributed by atoms with Crippen molar-refractivity contribution in [3.05, 3.63) is 53.9 Å². The lowest BCUT2D eigenvalue weighted by Crippen LogP contribution is -2.33. The van der Waals surface area contributed by atoms with Gasteiger partial charge in [-0.2, -0.15) is 0 Å². The summed E-state index contributed by atoms with van der Waals surface area (Å²) in [6.45, 7) is 1.82. The van der Waals surface area contributed by atoms with E-state index in [1.165, 1.54) is 6.20 Å². The number of amides is 2. The molecule has 2 aromatic rings. The Kier molecular flexibility index (Phi) is 5.30. The third-order valence-electron chi connectivity index (χ3n) is 3.31. The summed E-state index contributed by atoms with van der Waals surface area (Å²) < 4.78 is 0. The van der Waals surface area contributed by atoms with Crippen molar-refractivity contribution in [3.8, 4) is 0 Å². The normalized spacial score (nSPS) is 10.0. The number of benzene rings is 1. The van der Waals surface area contributed by atoms with Crippen molar-refractivity contribution in [2.45, 2.75) is 6.92 Å². The summed E-state index contributed by atoms with van der Waals surface area (Å²) in [5.41, 5.74) is 3.03. The molecule has 2 rings (SSSR count). The quantitative estimate of drug-likeness (QED) is 0.883. The van der Waals surface area contributed by atoms with Gasteiger partial charge in [0.1, 0.15) is 5.69 Å². The second-order valence-corrected chi connectivity index (χ2v) is 5.34. The molecule has 0 aliphatic carbocycles. The number of nitrogens with zero attached hydrogens (tertiary/aromatic N) is 2. The number of hydrogen-bond acceptors (Lipinski definition) is 4. The molecule has 0 radical (unpaired) electrons. The Morgan fingerprint density at radius 2 is 1.96 bits per heavy atom. The largest absolute Gasteiger partial charge is 0.378 e. The van der Waals surface area contributed by atoms with Crippen LogP contribution in [0.15, 0.2) is 42.6 Å². The molecule has 120 valence electrons. The number of anilines is 2. The first-order chi connectivity index (χ1) is 11.0. The van der Waals surface area contributed by atoms with Gasteiger partial charge in [0.25, 0.3) is 5.91 Å². The average molecular weight is 312 g/mol. The number of aryl methyl sites for hydroxylation is 1. The first-order valence-corrected chi connectivity index (χ1v) is 7.24. The van der Waals surface area contributed by atoms with E-state index in [4.69, 9.17) is 0 Å². The molecular weight excluding hydrogens is 292 g/mol. The Bertz CT molecular complexity index is 699. The van der Waals surface area contributed by atoms with Gasteiger partial charge >= 0.3 is 0 Å². The Hall–Kier alpha value is -2.89. The van der Waals surface area contributed by atoms with Gasteiger partial charge in [0.05, 0.1) is 6.54 Å². The highest BCUT2D eigenvalue weighted by Gasteiger charge is 2.10. The third kappa shape index (κ3) is 4.54. The maximum absolute atomic E-state index is 12.0. The lowest BCUT2D eigenvalue weighted by molar-refractivity contribution is -0.115. The van der Waals surface area contributed by atoms with Crippen molar-refractivity contribution in [1.82, 2.24) is 10.3 Å². The maximum atomic E-state index is 12.0. The summed E-state index contributed by atoms with van der Waals surface area (Å²) in [5, 5.41) is 5.34. The number of carbonyl (C=O) groups excluding carboxylic acids is 2. The Labute approximate surface area is 135 Å². The van der Waals surface area contributed by atoms with Crippen molar-refractivity contribution in [1.29, 1.82) is 0 Å². The van der Waals surface area contributed by atoms with Gasteiger partial charge in [0, 0.05) is 31.7 Å². The molecule has 1 aromatic carbocycles. The van der Waals surface area contributed by atoms with E-state index in [-0.39, 0.29) is 24.1 Å². The predicted octanol–water partition coefficient (Wildman–Crippen LogP) is 1.82. The van der Waals surface area contributed by atoms with Crippen LogP contribution in [-0.2, 0) is 4.79 Å². The van der Waals surface area contributed by atoms with Gasteiger partial charge in [-0.15, -0.1) is 0 Å². The van der Waals surface area contributed by atoms with E-state index in [0.29, 0.717) is 0 Å². The van der Waals surface area contributed by atoms with Crippen LogP contribution in [0.4, 0.5) is 11.4 Å². The van der Waals surface area contributed by atoms with E-state index in [1.54, 1.807) is 18.2 Å². The molecule has 0 atom stereocenters. The summed E-state index contributed by atoms with van der Waals surface area (Å²) >= 11 is 0. The van der Waals surface area contributed by atoms with Crippen molar-refractivity contribution < 1.29 is 9.59 Å². The van der Waals surface area contributed by atoms with Gasteiger partial charge in [-0.3, -0.25) is 14.6 Å². The van der Waals surface area contributed by atoms with Crippen LogP contribution in [0, 0.1) is 6.92 Å². The van der Waals surface area contributed by atoms with Crippen molar-refractivity contribution >= 4 is 23.2 Å². The molecular formula is C17H20N4O2. The number of pyridine rings is 1. The number of carbonyl (C=O) groups is 2. The minimum absolute atomic E-state index is 0.107. The van der Waals surface area contributed by atoms with E-state index in [2.05, 4.69) is 15.6 Å². The monoisotopic (exact) mass is 312 g/mol. The van der Waals surface area contributed by atoms with Crippen molar-refractivity contribution in [2.75, 3.05) is 30.9 Å². The smallest absolute Gasteiger partial charge is 0.270 e. The highest BCUT2D eigenvalue weighted by Crippen LogP contribution is 2.21. The summed E-state index contributed by atoms with van der Waals surface area (Å²) in [6, 6.07) is 10.8. The minimum atomic E-state index is -0.375. The SMILES string of the molecule is Cc1cc(N(C)C)ccc1NC(=O)CNC(=O)c1ccccn1. The molecule has 1 aromatic heterocycles. The molecule has 23 heavy (non-hydrogen) atoms. The first kappa shape index (κ1) is 16.5. The maximum Gasteiger partial charge on any atom is 0.270 e. The Morgan fingerprint density at radius 3 is 2.57 bits per heavy atom. The zero-order valence-corrected chi connectivity index (χ0v) is 13.5. The lowest BCUT2D eigenvalue weighted by Gasteiger charge is -2.15. The minimum Gasteiger partial charge on any atom is -0.378 e. The van der Waals surface area contributed by atoms with E-state index >= 15 is 0 Å². The molecule has 0 saturated carbocycles. The molecule has 0 spiro atoms.